The van der Waals surface area contributed by atoms with Crippen LogP contribution in [-0.4, -0.2) is 17.1 Å². The van der Waals surface area contributed by atoms with Crippen LogP contribution in [0.2, 0.25) is 0 Å². The van der Waals surface area contributed by atoms with Gasteiger partial charge in [0.2, 0.25) is 0 Å². The molecule has 14 heavy (non-hydrogen) atoms. The van der Waals surface area contributed by atoms with Gasteiger partial charge in [-0.2, -0.15) is 0 Å². The summed E-state index contributed by atoms with van der Waals surface area (Å²) in [5, 5.41) is 9.06. The highest BCUT2D eigenvalue weighted by Gasteiger charge is 2.19. The summed E-state index contributed by atoms with van der Waals surface area (Å²) in [7, 11) is 0. The lowest BCUT2D eigenvalue weighted by atomic mass is 9.87. The first kappa shape index (κ1) is 12.3. The largest absolute Gasteiger partial charge is 0.396 e. The zero-order valence-electron chi connectivity index (χ0n) is 9.05. The number of hydrogen-bond donors (Lipinski definition) is 1. The maximum Gasteiger partial charge on any atom is 0.0431 e. The standard InChI is InChI=1S/C12H23ClO/c13-12(9-6-10-14)11-7-4-2-1-3-5-8-11/h11-12,14H,1-10H2. The number of rotatable bonds is 4. The van der Waals surface area contributed by atoms with Crippen LogP contribution >= 0.6 is 11.6 Å². The highest BCUT2D eigenvalue weighted by Crippen LogP contribution is 2.29. The summed E-state index contributed by atoms with van der Waals surface area (Å²) < 4.78 is 0. The highest BCUT2D eigenvalue weighted by molar-refractivity contribution is 6.20. The van der Waals surface area contributed by atoms with E-state index in [0.717, 1.165) is 12.8 Å². The fourth-order valence-electron chi connectivity index (χ4n) is 2.37. The minimum Gasteiger partial charge on any atom is -0.396 e. The third kappa shape index (κ3) is 4.65. The predicted octanol–water partition coefficient (Wildman–Crippen LogP) is 3.73. The van der Waals surface area contributed by atoms with Crippen LogP contribution in [0.25, 0.3) is 0 Å². The van der Waals surface area contributed by atoms with Crippen LogP contribution < -0.4 is 0 Å². The van der Waals surface area contributed by atoms with Gasteiger partial charge in [0.05, 0.1) is 0 Å². The monoisotopic (exact) mass is 218 g/mol. The maximum atomic E-state index is 8.76. The van der Waals surface area contributed by atoms with Gasteiger partial charge in [0, 0.05) is 12.0 Å². The zero-order valence-corrected chi connectivity index (χ0v) is 9.81. The Hall–Kier alpha value is 0.250. The molecule has 1 nitrogen and oxygen atoms in total. The van der Waals surface area contributed by atoms with Gasteiger partial charge in [0.25, 0.3) is 0 Å². The first-order valence-corrected chi connectivity index (χ1v) is 6.53. The molecular weight excluding hydrogens is 196 g/mol. The zero-order chi connectivity index (χ0) is 10.2. The van der Waals surface area contributed by atoms with Crippen LogP contribution in [0.3, 0.4) is 0 Å². The quantitative estimate of drug-likeness (QED) is 0.713. The van der Waals surface area contributed by atoms with Gasteiger partial charge in [-0.25, -0.2) is 0 Å². The van der Waals surface area contributed by atoms with Crippen molar-refractivity contribution in [2.75, 3.05) is 6.61 Å². The van der Waals surface area contributed by atoms with Gasteiger partial charge in [-0.05, 0) is 31.6 Å². The third-order valence-corrected chi connectivity index (χ3v) is 3.87. The molecule has 1 aliphatic carbocycles. The molecule has 1 aliphatic rings. The van der Waals surface area contributed by atoms with Crippen molar-refractivity contribution in [1.82, 2.24) is 0 Å². The topological polar surface area (TPSA) is 20.2 Å². The Labute approximate surface area is 92.8 Å². The van der Waals surface area contributed by atoms with Crippen LogP contribution in [0.4, 0.5) is 0 Å². The van der Waals surface area contributed by atoms with Gasteiger partial charge >= 0.3 is 0 Å². The first-order chi connectivity index (χ1) is 6.84. The summed E-state index contributed by atoms with van der Waals surface area (Å²) >= 11 is 6.35. The molecule has 0 aromatic carbocycles. The van der Waals surface area contributed by atoms with Crippen LogP contribution in [0, 0.1) is 5.92 Å². The first-order valence-electron chi connectivity index (χ1n) is 6.09. The molecular formula is C12H23ClO. The number of aliphatic hydroxyl groups excluding tert-OH is 1. The van der Waals surface area contributed by atoms with Crippen molar-refractivity contribution in [3.63, 3.8) is 0 Å². The molecule has 84 valence electrons. The second-order valence-electron chi connectivity index (χ2n) is 4.49. The van der Waals surface area contributed by atoms with Gasteiger partial charge in [-0.1, -0.05) is 32.1 Å². The fourth-order valence-corrected chi connectivity index (χ4v) is 2.78. The lowest BCUT2D eigenvalue weighted by molar-refractivity contribution is 0.272. The van der Waals surface area contributed by atoms with Crippen molar-refractivity contribution < 1.29 is 5.11 Å². The second-order valence-corrected chi connectivity index (χ2v) is 5.05. The summed E-state index contributed by atoms with van der Waals surface area (Å²) in [6, 6.07) is 0. The van der Waals surface area contributed by atoms with Crippen molar-refractivity contribution in [3.8, 4) is 0 Å². The van der Waals surface area contributed by atoms with Gasteiger partial charge in [0.15, 0.2) is 0 Å². The van der Waals surface area contributed by atoms with Crippen molar-refractivity contribution in [1.29, 1.82) is 0 Å². The lowest BCUT2D eigenvalue weighted by Crippen LogP contribution is -2.16. The molecule has 0 saturated heterocycles. The minimum absolute atomic E-state index is 0.288. The molecule has 1 N–H and O–H groups in total. The molecule has 1 atom stereocenters. The van der Waals surface area contributed by atoms with Crippen molar-refractivity contribution >= 4 is 11.6 Å². The molecule has 1 rings (SSSR count). The number of alkyl halides is 1. The van der Waals surface area contributed by atoms with Crippen LogP contribution in [0.15, 0.2) is 0 Å². The molecule has 0 bridgehead atoms. The van der Waals surface area contributed by atoms with E-state index in [1.54, 1.807) is 0 Å². The molecule has 0 spiro atoms. The van der Waals surface area contributed by atoms with Crippen molar-refractivity contribution in [2.45, 2.75) is 63.2 Å². The molecule has 0 heterocycles. The van der Waals surface area contributed by atoms with E-state index in [1.165, 1.54) is 44.9 Å². The Balaban J connectivity index is 2.23. The van der Waals surface area contributed by atoms with Gasteiger partial charge in [-0.3, -0.25) is 0 Å². The smallest absolute Gasteiger partial charge is 0.0431 e. The van der Waals surface area contributed by atoms with Crippen LogP contribution in [-0.2, 0) is 0 Å². The number of halogens is 1. The summed E-state index contributed by atoms with van der Waals surface area (Å²) in [6.07, 6.45) is 11.4. The van der Waals surface area contributed by atoms with Crippen LogP contribution in [0.5, 0.6) is 0 Å². The molecule has 2 heteroatoms. The number of aliphatic hydroxyl groups is 1. The highest BCUT2D eigenvalue weighted by atomic mass is 35.5. The van der Waals surface area contributed by atoms with Crippen molar-refractivity contribution in [2.24, 2.45) is 5.92 Å². The Bertz CT molecular complexity index is 130. The number of hydrogen-bond acceptors (Lipinski definition) is 1. The van der Waals surface area contributed by atoms with Gasteiger partial charge in [0.1, 0.15) is 0 Å². The van der Waals surface area contributed by atoms with E-state index in [4.69, 9.17) is 16.7 Å². The fraction of sp³-hybridized carbons (Fsp3) is 1.00. The predicted molar refractivity (Wildman–Crippen MR) is 61.8 cm³/mol. The Morgan fingerprint density at radius 2 is 1.64 bits per heavy atom. The minimum atomic E-state index is 0.288. The van der Waals surface area contributed by atoms with Crippen LogP contribution in [0.1, 0.15) is 57.8 Å². The third-order valence-electron chi connectivity index (χ3n) is 3.30. The van der Waals surface area contributed by atoms with Crippen molar-refractivity contribution in [3.05, 3.63) is 0 Å². The lowest BCUT2D eigenvalue weighted by Gasteiger charge is -2.24. The van der Waals surface area contributed by atoms with Gasteiger partial charge < -0.3 is 5.11 Å². The molecule has 0 aromatic rings. The molecule has 0 aliphatic heterocycles. The average Bonchev–Trinajstić information content (AvgIpc) is 2.13. The van der Waals surface area contributed by atoms with E-state index < -0.39 is 0 Å². The van der Waals surface area contributed by atoms with E-state index >= 15 is 0 Å². The molecule has 0 amide bonds. The van der Waals surface area contributed by atoms with E-state index in [9.17, 15) is 0 Å². The van der Waals surface area contributed by atoms with E-state index in [2.05, 4.69) is 0 Å². The summed E-state index contributed by atoms with van der Waals surface area (Å²) in [4.78, 5) is 0. The van der Waals surface area contributed by atoms with Gasteiger partial charge in [-0.15, -0.1) is 11.6 Å². The summed E-state index contributed by atoms with van der Waals surface area (Å²) in [5.74, 6) is 0.712. The normalized spacial score (nSPS) is 22.7. The Morgan fingerprint density at radius 3 is 2.21 bits per heavy atom. The summed E-state index contributed by atoms with van der Waals surface area (Å²) in [5.41, 5.74) is 0. The molecule has 1 fully saturated rings. The summed E-state index contributed by atoms with van der Waals surface area (Å²) in [6.45, 7) is 0.288. The van der Waals surface area contributed by atoms with E-state index in [1.807, 2.05) is 0 Å². The second kappa shape index (κ2) is 7.53. The average molecular weight is 219 g/mol. The SMILES string of the molecule is OCCCC(Cl)C1CCCCCCC1. The Morgan fingerprint density at radius 1 is 1.07 bits per heavy atom. The molecule has 0 radical (unpaired) electrons. The molecule has 1 unspecified atom stereocenters. The van der Waals surface area contributed by atoms with E-state index in [0.29, 0.717) is 11.3 Å². The molecule has 0 aromatic heterocycles. The Kier molecular flexibility index (Phi) is 6.63. The molecule has 1 saturated carbocycles. The van der Waals surface area contributed by atoms with E-state index in [-0.39, 0.29) is 6.61 Å². The maximum absolute atomic E-state index is 8.76.